The third-order valence-corrected chi connectivity index (χ3v) is 9.26. The molecule has 240 valence electrons. The Morgan fingerprint density at radius 2 is 1.52 bits per heavy atom. The molecule has 9 nitrogen and oxygen atoms in total. The standard InChI is InChI=1S/C35H49N3O6/c39-25-27-12-14-28(15-13-27)32-21-31(24-38-20-6-7-30(38)23-37-18-4-5-19-37)43-35(44-32)29-16-10-26(11-17-29)22-36-33(40)8-2-1-3-9-34(41)42/h10-17,30-32,35,39H,1-9,18-25H2,(H,36,40)(H,41,42)/t30-,31+,32-,35-/m0/s1. The molecular weight excluding hydrogens is 558 g/mol. The molecule has 0 bridgehead atoms. The van der Waals surface area contributed by atoms with E-state index in [1.807, 2.05) is 36.4 Å². The summed E-state index contributed by atoms with van der Waals surface area (Å²) in [6.07, 6.45) is 7.90. The number of hydrogen-bond acceptors (Lipinski definition) is 7. The van der Waals surface area contributed by atoms with Gasteiger partial charge in [-0.3, -0.25) is 14.5 Å². The molecule has 4 atom stereocenters. The summed E-state index contributed by atoms with van der Waals surface area (Å²) in [7, 11) is 0. The van der Waals surface area contributed by atoms with Gasteiger partial charge in [-0.25, -0.2) is 0 Å². The Morgan fingerprint density at radius 1 is 0.818 bits per heavy atom. The average molecular weight is 608 g/mol. The normalized spacial score (nSPS) is 24.5. The summed E-state index contributed by atoms with van der Waals surface area (Å²) in [5.41, 5.74) is 3.93. The molecule has 2 aromatic carbocycles. The number of hydrogen-bond donors (Lipinski definition) is 3. The first-order chi connectivity index (χ1) is 21.5. The second-order valence-electron chi connectivity index (χ2n) is 12.6. The summed E-state index contributed by atoms with van der Waals surface area (Å²) >= 11 is 0. The Morgan fingerprint density at radius 3 is 2.25 bits per heavy atom. The Hall–Kier alpha value is -2.82. The van der Waals surface area contributed by atoms with E-state index in [0.717, 1.165) is 54.7 Å². The van der Waals surface area contributed by atoms with Gasteiger partial charge in [0.1, 0.15) is 0 Å². The first-order valence-electron chi connectivity index (χ1n) is 16.5. The second kappa shape index (κ2) is 16.5. The zero-order chi connectivity index (χ0) is 30.7. The van der Waals surface area contributed by atoms with Gasteiger partial charge in [0.05, 0.1) is 18.8 Å². The first kappa shape index (κ1) is 32.6. The van der Waals surface area contributed by atoms with E-state index in [2.05, 4.69) is 27.2 Å². The van der Waals surface area contributed by atoms with Crippen molar-refractivity contribution in [2.45, 2.75) is 102 Å². The van der Waals surface area contributed by atoms with Gasteiger partial charge in [-0.2, -0.15) is 0 Å². The Kier molecular flexibility index (Phi) is 12.2. The number of aliphatic hydroxyl groups excluding tert-OH is 1. The molecule has 3 heterocycles. The first-order valence-corrected chi connectivity index (χ1v) is 16.5. The number of nitrogens with one attached hydrogen (secondary N) is 1. The highest BCUT2D eigenvalue weighted by molar-refractivity contribution is 5.75. The molecule has 1 amide bonds. The van der Waals surface area contributed by atoms with E-state index in [1.54, 1.807) is 0 Å². The molecule has 0 saturated carbocycles. The van der Waals surface area contributed by atoms with Crippen LogP contribution in [0.15, 0.2) is 48.5 Å². The molecule has 9 heteroatoms. The van der Waals surface area contributed by atoms with Gasteiger partial charge in [0, 0.05) is 50.5 Å². The monoisotopic (exact) mass is 607 g/mol. The number of carbonyl (C=O) groups excluding carboxylic acids is 1. The number of likely N-dealkylation sites (tertiary alicyclic amines) is 2. The van der Waals surface area contributed by atoms with Gasteiger partial charge in [0.2, 0.25) is 5.91 Å². The van der Waals surface area contributed by atoms with Gasteiger partial charge in [-0.15, -0.1) is 0 Å². The van der Waals surface area contributed by atoms with Crippen molar-refractivity contribution in [2.75, 3.05) is 32.7 Å². The van der Waals surface area contributed by atoms with Crippen molar-refractivity contribution in [3.63, 3.8) is 0 Å². The summed E-state index contributed by atoms with van der Waals surface area (Å²) in [4.78, 5) is 28.1. The maximum Gasteiger partial charge on any atom is 0.303 e. The minimum absolute atomic E-state index is 0.0210. The van der Waals surface area contributed by atoms with Crippen LogP contribution in [0.1, 0.15) is 98.9 Å². The number of aliphatic carboxylic acids is 1. The number of rotatable bonds is 15. The minimum Gasteiger partial charge on any atom is -0.481 e. The molecule has 3 aliphatic rings. The van der Waals surface area contributed by atoms with E-state index < -0.39 is 12.3 Å². The van der Waals surface area contributed by atoms with E-state index in [1.165, 1.54) is 38.8 Å². The lowest BCUT2D eigenvalue weighted by atomic mass is 9.99. The SMILES string of the molecule is O=C(O)CCCCCC(=O)NCc1ccc([C@H]2O[C@@H](CN3CCC[C@H]3CN3CCCC3)C[C@@H](c3ccc(CO)cc3)O2)cc1. The molecule has 2 aromatic rings. The maximum absolute atomic E-state index is 12.2. The number of aliphatic hydroxyl groups is 1. The molecule has 0 aliphatic carbocycles. The highest BCUT2D eigenvalue weighted by Crippen LogP contribution is 2.39. The van der Waals surface area contributed by atoms with Crippen molar-refractivity contribution in [2.24, 2.45) is 0 Å². The fraction of sp³-hybridized carbons (Fsp3) is 0.600. The van der Waals surface area contributed by atoms with Gasteiger partial charge >= 0.3 is 5.97 Å². The predicted molar refractivity (Wildman–Crippen MR) is 168 cm³/mol. The van der Waals surface area contributed by atoms with Crippen LogP contribution in [0.2, 0.25) is 0 Å². The summed E-state index contributed by atoms with van der Waals surface area (Å²) in [5.74, 6) is -0.816. The van der Waals surface area contributed by atoms with Crippen LogP contribution in [0.5, 0.6) is 0 Å². The highest BCUT2D eigenvalue weighted by Gasteiger charge is 2.36. The fourth-order valence-electron chi connectivity index (χ4n) is 6.72. The number of benzene rings is 2. The van der Waals surface area contributed by atoms with Crippen molar-refractivity contribution in [3.8, 4) is 0 Å². The zero-order valence-corrected chi connectivity index (χ0v) is 25.9. The number of carbonyl (C=O) groups is 2. The predicted octanol–water partition coefficient (Wildman–Crippen LogP) is 4.94. The van der Waals surface area contributed by atoms with Crippen molar-refractivity contribution < 1.29 is 29.3 Å². The number of amides is 1. The Balaban J connectivity index is 1.19. The molecule has 5 rings (SSSR count). The van der Waals surface area contributed by atoms with Crippen LogP contribution in [0.25, 0.3) is 0 Å². The van der Waals surface area contributed by atoms with Crippen LogP contribution >= 0.6 is 0 Å². The molecule has 0 aromatic heterocycles. The van der Waals surface area contributed by atoms with Crippen LogP contribution in [0.4, 0.5) is 0 Å². The number of ether oxygens (including phenoxy) is 2. The van der Waals surface area contributed by atoms with Crippen molar-refractivity contribution >= 4 is 11.9 Å². The summed E-state index contributed by atoms with van der Waals surface area (Å²) in [6.45, 7) is 6.07. The van der Waals surface area contributed by atoms with Crippen LogP contribution in [0.3, 0.4) is 0 Å². The van der Waals surface area contributed by atoms with Gasteiger partial charge in [0.25, 0.3) is 0 Å². The van der Waals surface area contributed by atoms with Crippen LogP contribution < -0.4 is 5.32 Å². The van der Waals surface area contributed by atoms with Crippen LogP contribution in [-0.2, 0) is 32.2 Å². The lowest BCUT2D eigenvalue weighted by molar-refractivity contribution is -0.253. The van der Waals surface area contributed by atoms with Crippen molar-refractivity contribution in [3.05, 3.63) is 70.8 Å². The zero-order valence-electron chi connectivity index (χ0n) is 25.9. The van der Waals surface area contributed by atoms with E-state index in [-0.39, 0.29) is 31.1 Å². The van der Waals surface area contributed by atoms with E-state index >= 15 is 0 Å². The lowest BCUT2D eigenvalue weighted by Crippen LogP contribution is -2.45. The van der Waals surface area contributed by atoms with Crippen molar-refractivity contribution in [1.29, 1.82) is 0 Å². The fourth-order valence-corrected chi connectivity index (χ4v) is 6.72. The number of carboxylic acid groups (broad SMARTS) is 1. The maximum atomic E-state index is 12.2. The largest absolute Gasteiger partial charge is 0.481 e. The molecule has 3 saturated heterocycles. The molecule has 0 unspecified atom stereocenters. The Labute approximate surface area is 261 Å². The minimum atomic E-state index is -0.794. The molecule has 44 heavy (non-hydrogen) atoms. The lowest BCUT2D eigenvalue weighted by Gasteiger charge is -2.39. The van der Waals surface area contributed by atoms with Crippen LogP contribution in [0, 0.1) is 0 Å². The van der Waals surface area contributed by atoms with Gasteiger partial charge in [-0.1, -0.05) is 55.0 Å². The molecule has 3 aliphatic heterocycles. The smallest absolute Gasteiger partial charge is 0.303 e. The number of unbranched alkanes of at least 4 members (excludes halogenated alkanes) is 2. The molecular formula is C35H49N3O6. The van der Waals surface area contributed by atoms with Crippen LogP contribution in [-0.4, -0.2) is 76.8 Å². The molecule has 3 N–H and O–H groups in total. The number of carboxylic acids is 1. The Bertz CT molecular complexity index is 1180. The quantitative estimate of drug-likeness (QED) is 0.244. The van der Waals surface area contributed by atoms with E-state index in [9.17, 15) is 14.7 Å². The summed E-state index contributed by atoms with van der Waals surface area (Å²) in [6, 6.07) is 16.7. The molecule has 0 radical (unpaired) electrons. The third-order valence-electron chi connectivity index (χ3n) is 9.26. The molecule has 3 fully saturated rings. The number of nitrogens with zero attached hydrogens (tertiary/aromatic N) is 2. The van der Waals surface area contributed by atoms with Gasteiger partial charge < -0.3 is 29.9 Å². The summed E-state index contributed by atoms with van der Waals surface area (Å²) < 4.78 is 13.2. The highest BCUT2D eigenvalue weighted by atomic mass is 16.7. The summed E-state index contributed by atoms with van der Waals surface area (Å²) in [5, 5.41) is 21.2. The molecule has 0 spiro atoms. The topological polar surface area (TPSA) is 112 Å². The third kappa shape index (κ3) is 9.59. The van der Waals surface area contributed by atoms with E-state index in [4.69, 9.17) is 14.6 Å². The van der Waals surface area contributed by atoms with Gasteiger partial charge in [0.15, 0.2) is 6.29 Å². The average Bonchev–Trinajstić information content (AvgIpc) is 3.72. The van der Waals surface area contributed by atoms with Crippen molar-refractivity contribution in [1.82, 2.24) is 15.1 Å². The van der Waals surface area contributed by atoms with Gasteiger partial charge in [-0.05, 0) is 74.8 Å². The van der Waals surface area contributed by atoms with E-state index in [0.29, 0.717) is 31.8 Å². The second-order valence-corrected chi connectivity index (χ2v) is 12.6.